The predicted octanol–water partition coefficient (Wildman–Crippen LogP) is 1.76. The molecule has 1 aromatic carbocycles. The fourth-order valence-corrected chi connectivity index (χ4v) is 3.13. The molecular formula is C19H31ClIN5O2. The first kappa shape index (κ1) is 24.9. The van der Waals surface area contributed by atoms with Gasteiger partial charge in [0, 0.05) is 37.7 Å². The number of rotatable bonds is 7. The van der Waals surface area contributed by atoms with Crippen molar-refractivity contribution in [1.82, 2.24) is 20.9 Å². The third kappa shape index (κ3) is 8.50. The number of nitrogens with one attached hydrogen (secondary N) is 3. The van der Waals surface area contributed by atoms with Gasteiger partial charge in [0.05, 0.1) is 19.2 Å². The normalized spacial score (nSPS) is 16.8. The molecule has 1 aliphatic heterocycles. The minimum Gasteiger partial charge on any atom is -0.386 e. The molecule has 0 aromatic heterocycles. The van der Waals surface area contributed by atoms with Crippen LogP contribution in [0.25, 0.3) is 0 Å². The summed E-state index contributed by atoms with van der Waals surface area (Å²) < 4.78 is 0. The van der Waals surface area contributed by atoms with E-state index in [0.29, 0.717) is 23.6 Å². The van der Waals surface area contributed by atoms with Crippen molar-refractivity contribution >= 4 is 47.4 Å². The number of nitrogens with zero attached hydrogens (tertiary/aromatic N) is 2. The van der Waals surface area contributed by atoms with Crippen LogP contribution in [-0.2, 0) is 4.79 Å². The number of likely N-dealkylation sites (tertiary alicyclic amines) is 1. The Kier molecular flexibility index (Phi) is 11.7. The summed E-state index contributed by atoms with van der Waals surface area (Å²) in [5.74, 6) is 0.753. The van der Waals surface area contributed by atoms with Crippen LogP contribution >= 0.6 is 35.6 Å². The molecule has 0 aliphatic carbocycles. The van der Waals surface area contributed by atoms with E-state index >= 15 is 0 Å². The SMILES string of the molecule is CCNC(=NCC(O)c1ccc(Cl)cc1)NC1CCN(CC(=O)NC)CC1.I. The monoisotopic (exact) mass is 523 g/mol. The number of aliphatic hydroxyl groups excluding tert-OH is 1. The molecule has 7 nitrogen and oxygen atoms in total. The van der Waals surface area contributed by atoms with E-state index in [1.165, 1.54) is 0 Å². The summed E-state index contributed by atoms with van der Waals surface area (Å²) in [6, 6.07) is 7.45. The molecule has 9 heteroatoms. The minimum atomic E-state index is -0.674. The molecule has 1 heterocycles. The number of aliphatic imine (C=N–C) groups is 1. The summed E-state index contributed by atoms with van der Waals surface area (Å²) in [7, 11) is 1.66. The van der Waals surface area contributed by atoms with E-state index in [4.69, 9.17) is 11.6 Å². The lowest BCUT2D eigenvalue weighted by molar-refractivity contribution is -0.122. The minimum absolute atomic E-state index is 0. The van der Waals surface area contributed by atoms with Crippen molar-refractivity contribution in [1.29, 1.82) is 0 Å². The first-order valence-electron chi connectivity index (χ1n) is 9.43. The maximum atomic E-state index is 11.5. The van der Waals surface area contributed by atoms with Crippen molar-refractivity contribution in [2.24, 2.45) is 4.99 Å². The molecule has 1 aromatic rings. The van der Waals surface area contributed by atoms with E-state index in [1.54, 1.807) is 19.2 Å². The number of amides is 1. The highest BCUT2D eigenvalue weighted by Gasteiger charge is 2.21. The Bertz CT molecular complexity index is 621. The van der Waals surface area contributed by atoms with Gasteiger partial charge < -0.3 is 21.1 Å². The third-order valence-corrected chi connectivity index (χ3v) is 4.85. The Balaban J connectivity index is 0.00000392. The summed E-state index contributed by atoms with van der Waals surface area (Å²) >= 11 is 5.89. The summed E-state index contributed by atoms with van der Waals surface area (Å²) in [6.45, 7) is 5.23. The Morgan fingerprint density at radius 1 is 1.32 bits per heavy atom. The lowest BCUT2D eigenvalue weighted by Gasteiger charge is -2.32. The standard InChI is InChI=1S/C19H30ClN5O2.HI/c1-3-22-19(23-12-17(26)14-4-6-15(20)7-5-14)24-16-8-10-25(11-9-16)13-18(27)21-2;/h4-7,16-17,26H,3,8-13H2,1-2H3,(H,21,27)(H2,22,23,24);1H. The van der Waals surface area contributed by atoms with E-state index in [-0.39, 0.29) is 36.4 Å². The molecule has 1 atom stereocenters. The number of likely N-dealkylation sites (N-methyl/N-ethyl adjacent to an activating group) is 1. The number of piperidine rings is 1. The summed E-state index contributed by atoms with van der Waals surface area (Å²) in [5.41, 5.74) is 0.793. The van der Waals surface area contributed by atoms with Crippen molar-refractivity contribution < 1.29 is 9.90 Å². The molecule has 0 saturated carbocycles. The maximum Gasteiger partial charge on any atom is 0.233 e. The second-order valence-electron chi connectivity index (χ2n) is 6.65. The van der Waals surface area contributed by atoms with Gasteiger partial charge in [0.15, 0.2) is 5.96 Å². The first-order chi connectivity index (χ1) is 13.0. The second kappa shape index (κ2) is 13.2. The van der Waals surface area contributed by atoms with Crippen LogP contribution in [0.2, 0.25) is 5.02 Å². The van der Waals surface area contributed by atoms with Crippen LogP contribution in [0.1, 0.15) is 31.4 Å². The Labute approximate surface area is 189 Å². The number of carbonyl (C=O) groups is 1. The van der Waals surface area contributed by atoms with Crippen LogP contribution in [0, 0.1) is 0 Å². The lowest BCUT2D eigenvalue weighted by Crippen LogP contribution is -2.50. The highest BCUT2D eigenvalue weighted by atomic mass is 127. The molecule has 4 N–H and O–H groups in total. The summed E-state index contributed by atoms with van der Waals surface area (Å²) in [5, 5.41) is 20.3. The zero-order valence-corrected chi connectivity index (χ0v) is 19.5. The van der Waals surface area contributed by atoms with Crippen LogP contribution in [-0.4, -0.2) is 67.7 Å². The molecule has 28 heavy (non-hydrogen) atoms. The van der Waals surface area contributed by atoms with Crippen LogP contribution in [0.4, 0.5) is 0 Å². The number of guanidine groups is 1. The summed E-state index contributed by atoms with van der Waals surface area (Å²) in [6.07, 6.45) is 1.22. The number of hydrogen-bond acceptors (Lipinski definition) is 4. The van der Waals surface area contributed by atoms with Gasteiger partial charge >= 0.3 is 0 Å². The molecule has 1 aliphatic rings. The number of benzene rings is 1. The topological polar surface area (TPSA) is 89.0 Å². The van der Waals surface area contributed by atoms with Crippen LogP contribution < -0.4 is 16.0 Å². The number of carbonyl (C=O) groups excluding carboxylic acids is 1. The average molecular weight is 524 g/mol. The third-order valence-electron chi connectivity index (χ3n) is 4.60. The quantitative estimate of drug-likeness (QED) is 0.249. The highest BCUT2D eigenvalue weighted by molar-refractivity contribution is 14.0. The molecule has 1 fully saturated rings. The van der Waals surface area contributed by atoms with Crippen molar-refractivity contribution in [2.75, 3.05) is 39.8 Å². The van der Waals surface area contributed by atoms with E-state index in [2.05, 4.69) is 25.8 Å². The summed E-state index contributed by atoms with van der Waals surface area (Å²) in [4.78, 5) is 18.2. The van der Waals surface area contributed by atoms with E-state index in [0.717, 1.165) is 38.0 Å². The average Bonchev–Trinajstić information content (AvgIpc) is 2.68. The van der Waals surface area contributed by atoms with Gasteiger partial charge in [-0.3, -0.25) is 14.7 Å². The van der Waals surface area contributed by atoms with Gasteiger partial charge in [-0.05, 0) is 37.5 Å². The number of halogens is 2. The van der Waals surface area contributed by atoms with Crippen LogP contribution in [0.3, 0.4) is 0 Å². The van der Waals surface area contributed by atoms with Crippen molar-refractivity contribution in [2.45, 2.75) is 31.9 Å². The molecule has 1 amide bonds. The number of aliphatic hydroxyl groups is 1. The predicted molar refractivity (Wildman–Crippen MR) is 124 cm³/mol. The zero-order valence-electron chi connectivity index (χ0n) is 16.4. The van der Waals surface area contributed by atoms with E-state index in [9.17, 15) is 9.90 Å². The first-order valence-corrected chi connectivity index (χ1v) is 9.81. The highest BCUT2D eigenvalue weighted by Crippen LogP contribution is 2.16. The number of hydrogen-bond donors (Lipinski definition) is 4. The maximum absolute atomic E-state index is 11.5. The van der Waals surface area contributed by atoms with Crippen LogP contribution in [0.15, 0.2) is 29.3 Å². The smallest absolute Gasteiger partial charge is 0.233 e. The Hall–Kier alpha value is -1.10. The molecule has 1 unspecified atom stereocenters. The lowest BCUT2D eigenvalue weighted by atomic mass is 10.1. The van der Waals surface area contributed by atoms with Crippen molar-refractivity contribution in [3.63, 3.8) is 0 Å². The molecule has 0 bridgehead atoms. The molecule has 158 valence electrons. The van der Waals surface area contributed by atoms with Crippen molar-refractivity contribution in [3.05, 3.63) is 34.9 Å². The van der Waals surface area contributed by atoms with E-state index < -0.39 is 6.10 Å². The second-order valence-corrected chi connectivity index (χ2v) is 7.09. The van der Waals surface area contributed by atoms with Crippen molar-refractivity contribution in [3.8, 4) is 0 Å². The van der Waals surface area contributed by atoms with Crippen LogP contribution in [0.5, 0.6) is 0 Å². The van der Waals surface area contributed by atoms with Gasteiger partial charge in [-0.2, -0.15) is 0 Å². The fourth-order valence-electron chi connectivity index (χ4n) is 3.00. The molecule has 0 spiro atoms. The van der Waals surface area contributed by atoms with E-state index in [1.807, 2.05) is 19.1 Å². The molecule has 1 saturated heterocycles. The zero-order chi connectivity index (χ0) is 19.6. The largest absolute Gasteiger partial charge is 0.386 e. The Morgan fingerprint density at radius 3 is 2.54 bits per heavy atom. The van der Waals surface area contributed by atoms with Gasteiger partial charge in [-0.15, -0.1) is 24.0 Å². The van der Waals surface area contributed by atoms with Gasteiger partial charge in [0.1, 0.15) is 0 Å². The van der Waals surface area contributed by atoms with Gasteiger partial charge in [-0.25, -0.2) is 0 Å². The molecule has 0 radical (unpaired) electrons. The van der Waals surface area contributed by atoms with Gasteiger partial charge in [-0.1, -0.05) is 23.7 Å². The molecular weight excluding hydrogens is 493 g/mol. The van der Waals surface area contributed by atoms with Gasteiger partial charge in [0.2, 0.25) is 5.91 Å². The van der Waals surface area contributed by atoms with Gasteiger partial charge in [0.25, 0.3) is 0 Å². The molecule has 2 rings (SSSR count). The fraction of sp³-hybridized carbons (Fsp3) is 0.579. The Morgan fingerprint density at radius 2 is 1.96 bits per heavy atom.